The largest absolute Gasteiger partial charge is 0.453 e. The molecule has 0 bridgehead atoms. The number of halogens is 4. The number of rotatable bonds is 6. The van der Waals surface area contributed by atoms with Crippen LogP contribution in [0.1, 0.15) is 16.1 Å². The summed E-state index contributed by atoms with van der Waals surface area (Å²) in [5, 5.41) is 0.691. The predicted molar refractivity (Wildman–Crippen MR) is 67.1 cm³/mol. The number of ketones is 1. The van der Waals surface area contributed by atoms with Crippen molar-refractivity contribution in [3.63, 3.8) is 0 Å². The fourth-order valence-electron chi connectivity index (χ4n) is 1.76. The second-order valence-electron chi connectivity index (χ2n) is 4.58. The molecule has 0 radical (unpaired) electrons. The Bertz CT molecular complexity index is 649. The maximum absolute atomic E-state index is 12.6. The molecule has 2 rings (SSSR count). The van der Waals surface area contributed by atoms with Crippen LogP contribution in [0.25, 0.3) is 11.0 Å². The van der Waals surface area contributed by atoms with E-state index < -0.39 is 31.3 Å². The second kappa shape index (κ2) is 5.85. The molecule has 0 aliphatic carbocycles. The SMILES string of the molecule is Cc1cccc2cc(C(=O)COCC(F)(F)C(F)F)oc12. The molecule has 0 saturated carbocycles. The maximum Gasteiger partial charge on any atom is 0.330 e. The summed E-state index contributed by atoms with van der Waals surface area (Å²) in [7, 11) is 0. The summed E-state index contributed by atoms with van der Waals surface area (Å²) >= 11 is 0. The van der Waals surface area contributed by atoms with Gasteiger partial charge in [0, 0.05) is 5.39 Å². The Kier molecular flexibility index (Phi) is 4.32. The minimum atomic E-state index is -4.27. The lowest BCUT2D eigenvalue weighted by Gasteiger charge is -2.14. The third kappa shape index (κ3) is 3.41. The number of carbonyl (C=O) groups is 1. The first-order valence-electron chi connectivity index (χ1n) is 6.07. The molecule has 1 heterocycles. The molecule has 0 saturated heterocycles. The van der Waals surface area contributed by atoms with Crippen molar-refractivity contribution in [1.29, 1.82) is 0 Å². The van der Waals surface area contributed by atoms with Crippen LogP contribution in [0.15, 0.2) is 28.7 Å². The van der Waals surface area contributed by atoms with Gasteiger partial charge in [-0.15, -0.1) is 0 Å². The van der Waals surface area contributed by atoms with E-state index in [9.17, 15) is 22.4 Å². The van der Waals surface area contributed by atoms with E-state index in [1.807, 2.05) is 0 Å². The second-order valence-corrected chi connectivity index (χ2v) is 4.58. The van der Waals surface area contributed by atoms with Crippen LogP contribution in [0.4, 0.5) is 17.6 Å². The van der Waals surface area contributed by atoms with Gasteiger partial charge in [0.2, 0.25) is 5.78 Å². The van der Waals surface area contributed by atoms with Crippen molar-refractivity contribution in [3.8, 4) is 0 Å². The molecule has 0 atom stereocenters. The number of alkyl halides is 4. The molecule has 21 heavy (non-hydrogen) atoms. The third-order valence-corrected chi connectivity index (χ3v) is 2.86. The van der Waals surface area contributed by atoms with E-state index in [-0.39, 0.29) is 5.76 Å². The minimum absolute atomic E-state index is 0.0559. The highest BCUT2D eigenvalue weighted by atomic mass is 19.3. The lowest BCUT2D eigenvalue weighted by molar-refractivity contribution is -0.163. The van der Waals surface area contributed by atoms with Gasteiger partial charge in [-0.3, -0.25) is 4.79 Å². The highest BCUT2D eigenvalue weighted by molar-refractivity contribution is 5.98. The summed E-state index contributed by atoms with van der Waals surface area (Å²) in [5.41, 5.74) is 1.33. The summed E-state index contributed by atoms with van der Waals surface area (Å²) in [4.78, 5) is 11.7. The zero-order chi connectivity index (χ0) is 15.6. The van der Waals surface area contributed by atoms with Crippen LogP contribution in [0.5, 0.6) is 0 Å². The molecule has 2 aromatic rings. The van der Waals surface area contributed by atoms with E-state index in [0.717, 1.165) is 5.56 Å². The van der Waals surface area contributed by atoms with Gasteiger partial charge in [0.25, 0.3) is 0 Å². The first-order chi connectivity index (χ1) is 9.81. The number of carbonyl (C=O) groups excluding carboxylic acids is 1. The molecule has 0 aliphatic rings. The van der Waals surface area contributed by atoms with Crippen molar-refractivity contribution < 1.29 is 31.5 Å². The number of hydrogen-bond acceptors (Lipinski definition) is 3. The molecule has 0 N–H and O–H groups in total. The summed E-state index contributed by atoms with van der Waals surface area (Å²) in [6, 6.07) is 6.76. The van der Waals surface area contributed by atoms with Crippen LogP contribution >= 0.6 is 0 Å². The van der Waals surface area contributed by atoms with E-state index in [2.05, 4.69) is 4.74 Å². The summed E-state index contributed by atoms with van der Waals surface area (Å²) < 4.78 is 58.7. The fraction of sp³-hybridized carbons (Fsp3) is 0.357. The first kappa shape index (κ1) is 15.5. The third-order valence-electron chi connectivity index (χ3n) is 2.86. The number of aryl methyl sites for hydroxylation is 1. The Morgan fingerprint density at radius 2 is 2.10 bits per heavy atom. The molecule has 0 aliphatic heterocycles. The normalized spacial score (nSPS) is 12.3. The van der Waals surface area contributed by atoms with Crippen LogP contribution in [0.2, 0.25) is 0 Å². The van der Waals surface area contributed by atoms with Crippen LogP contribution < -0.4 is 0 Å². The van der Waals surface area contributed by atoms with E-state index in [4.69, 9.17) is 4.42 Å². The van der Waals surface area contributed by atoms with Gasteiger partial charge >= 0.3 is 12.3 Å². The van der Waals surface area contributed by atoms with Crippen molar-refractivity contribution in [2.24, 2.45) is 0 Å². The number of hydrogen-bond donors (Lipinski definition) is 0. The minimum Gasteiger partial charge on any atom is -0.453 e. The Morgan fingerprint density at radius 3 is 2.71 bits per heavy atom. The summed E-state index contributed by atoms with van der Waals surface area (Å²) in [6.45, 7) is -0.476. The Hall–Kier alpha value is -1.89. The molecule has 0 amide bonds. The van der Waals surface area contributed by atoms with Gasteiger partial charge in [0.05, 0.1) is 0 Å². The molecular weight excluding hydrogens is 292 g/mol. The van der Waals surface area contributed by atoms with Gasteiger partial charge < -0.3 is 9.15 Å². The molecule has 1 aromatic heterocycles. The average Bonchev–Trinajstić information content (AvgIpc) is 2.83. The molecule has 114 valence electrons. The van der Waals surface area contributed by atoms with Crippen molar-refractivity contribution in [3.05, 3.63) is 35.6 Å². The lowest BCUT2D eigenvalue weighted by atomic mass is 10.2. The Balaban J connectivity index is 2.01. The topological polar surface area (TPSA) is 39.4 Å². The molecule has 7 heteroatoms. The lowest BCUT2D eigenvalue weighted by Crippen LogP contribution is -2.33. The number of ether oxygens (including phenoxy) is 1. The molecular formula is C14H12F4O3. The monoisotopic (exact) mass is 304 g/mol. The van der Waals surface area contributed by atoms with E-state index in [1.165, 1.54) is 6.07 Å². The van der Waals surface area contributed by atoms with Crippen molar-refractivity contribution >= 4 is 16.8 Å². The highest BCUT2D eigenvalue weighted by Gasteiger charge is 2.41. The highest BCUT2D eigenvalue weighted by Crippen LogP contribution is 2.24. The zero-order valence-corrected chi connectivity index (χ0v) is 11.0. The number of benzene rings is 1. The zero-order valence-electron chi connectivity index (χ0n) is 11.0. The number of Topliss-reactive ketones (excluding diaryl/α,β-unsaturated/α-hetero) is 1. The van der Waals surface area contributed by atoms with Crippen LogP contribution in [-0.4, -0.2) is 31.3 Å². The van der Waals surface area contributed by atoms with Crippen molar-refractivity contribution in [2.45, 2.75) is 19.3 Å². The van der Waals surface area contributed by atoms with Gasteiger partial charge in [-0.25, -0.2) is 8.78 Å². The molecule has 0 fully saturated rings. The van der Waals surface area contributed by atoms with Gasteiger partial charge in [0.15, 0.2) is 5.76 Å². The molecule has 0 unspecified atom stereocenters. The standard InChI is InChI=1S/C14H12F4O3/c1-8-3-2-4-9-5-11(21-12(8)9)10(19)6-20-7-14(17,18)13(15)16/h2-5,13H,6-7H2,1H3. The van der Waals surface area contributed by atoms with E-state index in [1.54, 1.807) is 25.1 Å². The Labute approximate surface area is 117 Å². The summed E-state index contributed by atoms with van der Waals surface area (Å²) in [6.07, 6.45) is -3.83. The predicted octanol–water partition coefficient (Wildman–Crippen LogP) is 3.84. The van der Waals surface area contributed by atoms with Gasteiger partial charge in [-0.05, 0) is 18.6 Å². The quantitative estimate of drug-likeness (QED) is 0.601. The van der Waals surface area contributed by atoms with Gasteiger partial charge in [0.1, 0.15) is 18.8 Å². The number of para-hydroxylation sites is 1. The molecule has 0 spiro atoms. The van der Waals surface area contributed by atoms with E-state index in [0.29, 0.717) is 11.0 Å². The smallest absolute Gasteiger partial charge is 0.330 e. The maximum atomic E-state index is 12.6. The molecule has 3 nitrogen and oxygen atoms in total. The number of fused-ring (bicyclic) bond motifs is 1. The van der Waals surface area contributed by atoms with Crippen molar-refractivity contribution in [1.82, 2.24) is 0 Å². The van der Waals surface area contributed by atoms with Gasteiger partial charge in [-0.2, -0.15) is 8.78 Å². The number of furan rings is 1. The van der Waals surface area contributed by atoms with Gasteiger partial charge in [-0.1, -0.05) is 18.2 Å². The van der Waals surface area contributed by atoms with Crippen LogP contribution in [0.3, 0.4) is 0 Å². The summed E-state index contributed by atoms with van der Waals surface area (Å²) in [5.74, 6) is -5.01. The van der Waals surface area contributed by atoms with Crippen LogP contribution in [-0.2, 0) is 4.74 Å². The first-order valence-corrected chi connectivity index (χ1v) is 6.07. The Morgan fingerprint density at radius 1 is 1.38 bits per heavy atom. The van der Waals surface area contributed by atoms with Crippen molar-refractivity contribution in [2.75, 3.05) is 13.2 Å². The van der Waals surface area contributed by atoms with Crippen LogP contribution in [0, 0.1) is 6.92 Å². The average molecular weight is 304 g/mol. The fourth-order valence-corrected chi connectivity index (χ4v) is 1.76. The van der Waals surface area contributed by atoms with E-state index >= 15 is 0 Å². The molecule has 1 aromatic carbocycles.